The standard InChI is InChI=1S/C10H18/c1-5-10-8(3)6-7(2)9(10)4/h5,7-10H,1,6H2,2-4H3. The van der Waals surface area contributed by atoms with Crippen molar-refractivity contribution in [1.29, 1.82) is 0 Å². The normalized spacial score (nSPS) is 47.5. The topological polar surface area (TPSA) is 0 Å². The lowest BCUT2D eigenvalue weighted by molar-refractivity contribution is 0.389. The van der Waals surface area contributed by atoms with E-state index >= 15 is 0 Å². The van der Waals surface area contributed by atoms with E-state index < -0.39 is 0 Å². The lowest BCUT2D eigenvalue weighted by Gasteiger charge is -2.15. The van der Waals surface area contributed by atoms with Gasteiger partial charge in [-0.2, -0.15) is 0 Å². The quantitative estimate of drug-likeness (QED) is 0.488. The molecule has 0 aliphatic heterocycles. The van der Waals surface area contributed by atoms with E-state index in [0.717, 1.165) is 23.7 Å². The summed E-state index contributed by atoms with van der Waals surface area (Å²) >= 11 is 0. The maximum atomic E-state index is 3.88. The first-order valence-corrected chi connectivity index (χ1v) is 4.29. The van der Waals surface area contributed by atoms with Gasteiger partial charge in [-0.05, 0) is 30.1 Å². The average molecular weight is 138 g/mol. The van der Waals surface area contributed by atoms with Crippen LogP contribution in [0.25, 0.3) is 0 Å². The van der Waals surface area contributed by atoms with Crippen molar-refractivity contribution in [2.24, 2.45) is 23.7 Å². The summed E-state index contributed by atoms with van der Waals surface area (Å²) in [6, 6.07) is 0. The van der Waals surface area contributed by atoms with E-state index in [1.54, 1.807) is 0 Å². The van der Waals surface area contributed by atoms with E-state index in [1.807, 2.05) is 0 Å². The van der Waals surface area contributed by atoms with Crippen molar-refractivity contribution < 1.29 is 0 Å². The summed E-state index contributed by atoms with van der Waals surface area (Å²) in [4.78, 5) is 0. The molecule has 4 atom stereocenters. The molecule has 0 nitrogen and oxygen atoms in total. The third-order valence-corrected chi connectivity index (χ3v) is 3.18. The van der Waals surface area contributed by atoms with Gasteiger partial charge in [0.05, 0.1) is 0 Å². The van der Waals surface area contributed by atoms with Gasteiger partial charge in [-0.3, -0.25) is 0 Å². The first kappa shape index (κ1) is 7.84. The Kier molecular flexibility index (Phi) is 2.18. The minimum atomic E-state index is 0.773. The van der Waals surface area contributed by atoms with Crippen LogP contribution in [0.4, 0.5) is 0 Å². The second-order valence-corrected chi connectivity index (χ2v) is 3.86. The van der Waals surface area contributed by atoms with Crippen LogP contribution in [0.3, 0.4) is 0 Å². The SMILES string of the molecule is C=CC1C(C)CC(C)C1C. The van der Waals surface area contributed by atoms with Crippen molar-refractivity contribution >= 4 is 0 Å². The molecule has 0 heterocycles. The Labute approximate surface area is 64.3 Å². The summed E-state index contributed by atoms with van der Waals surface area (Å²) in [5, 5.41) is 0. The fraction of sp³-hybridized carbons (Fsp3) is 0.800. The summed E-state index contributed by atoms with van der Waals surface area (Å²) in [5.41, 5.74) is 0. The summed E-state index contributed by atoms with van der Waals surface area (Å²) in [6.07, 6.45) is 3.52. The maximum absolute atomic E-state index is 3.88. The molecule has 4 unspecified atom stereocenters. The molecule has 0 aromatic heterocycles. The predicted molar refractivity (Wildman–Crippen MR) is 45.8 cm³/mol. The maximum Gasteiger partial charge on any atom is -0.0182 e. The number of rotatable bonds is 1. The van der Waals surface area contributed by atoms with Gasteiger partial charge in [0.25, 0.3) is 0 Å². The summed E-state index contributed by atoms with van der Waals surface area (Å²) in [5.74, 6) is 3.39. The van der Waals surface area contributed by atoms with Crippen LogP contribution in [0.5, 0.6) is 0 Å². The molecule has 1 saturated carbocycles. The van der Waals surface area contributed by atoms with Crippen LogP contribution in [-0.4, -0.2) is 0 Å². The van der Waals surface area contributed by atoms with Crippen LogP contribution in [-0.2, 0) is 0 Å². The highest BCUT2D eigenvalue weighted by atomic mass is 14.4. The van der Waals surface area contributed by atoms with Crippen molar-refractivity contribution in [3.8, 4) is 0 Å². The lowest BCUT2D eigenvalue weighted by Crippen LogP contribution is -2.08. The fourth-order valence-electron chi connectivity index (χ4n) is 2.30. The van der Waals surface area contributed by atoms with Crippen LogP contribution in [0.15, 0.2) is 12.7 Å². The Balaban J connectivity index is 2.63. The highest BCUT2D eigenvalue weighted by Gasteiger charge is 2.33. The van der Waals surface area contributed by atoms with Crippen LogP contribution < -0.4 is 0 Å². The first-order chi connectivity index (χ1) is 4.66. The Morgan fingerprint density at radius 3 is 2.00 bits per heavy atom. The van der Waals surface area contributed by atoms with Crippen LogP contribution in [0, 0.1) is 23.7 Å². The molecule has 0 amide bonds. The van der Waals surface area contributed by atoms with Crippen LogP contribution in [0.2, 0.25) is 0 Å². The zero-order valence-corrected chi connectivity index (χ0v) is 7.30. The molecule has 0 spiro atoms. The van der Waals surface area contributed by atoms with Crippen molar-refractivity contribution in [1.82, 2.24) is 0 Å². The number of allylic oxidation sites excluding steroid dienone is 1. The van der Waals surface area contributed by atoms with E-state index in [1.165, 1.54) is 6.42 Å². The molecule has 0 N–H and O–H groups in total. The van der Waals surface area contributed by atoms with Gasteiger partial charge < -0.3 is 0 Å². The Morgan fingerprint density at radius 1 is 1.20 bits per heavy atom. The fourth-order valence-corrected chi connectivity index (χ4v) is 2.30. The number of hydrogen-bond donors (Lipinski definition) is 0. The van der Waals surface area contributed by atoms with Gasteiger partial charge >= 0.3 is 0 Å². The molecule has 1 aliphatic carbocycles. The zero-order valence-electron chi connectivity index (χ0n) is 7.30. The van der Waals surface area contributed by atoms with Crippen LogP contribution >= 0.6 is 0 Å². The highest BCUT2D eigenvalue weighted by Crippen LogP contribution is 2.41. The Hall–Kier alpha value is -0.260. The van der Waals surface area contributed by atoms with E-state index in [-0.39, 0.29) is 0 Å². The molecule has 0 saturated heterocycles. The van der Waals surface area contributed by atoms with E-state index in [9.17, 15) is 0 Å². The van der Waals surface area contributed by atoms with Gasteiger partial charge in [0.2, 0.25) is 0 Å². The van der Waals surface area contributed by atoms with Gasteiger partial charge in [0.1, 0.15) is 0 Å². The smallest absolute Gasteiger partial charge is 0.0182 e. The second-order valence-electron chi connectivity index (χ2n) is 3.86. The van der Waals surface area contributed by atoms with Gasteiger partial charge in [-0.25, -0.2) is 0 Å². The largest absolute Gasteiger partial charge is 0.103 e. The van der Waals surface area contributed by atoms with Gasteiger partial charge in [0, 0.05) is 0 Å². The van der Waals surface area contributed by atoms with Gasteiger partial charge in [-0.15, -0.1) is 6.58 Å². The van der Waals surface area contributed by atoms with Crippen LogP contribution in [0.1, 0.15) is 27.2 Å². The molecule has 0 radical (unpaired) electrons. The molecule has 10 heavy (non-hydrogen) atoms. The summed E-state index contributed by atoms with van der Waals surface area (Å²) in [6.45, 7) is 10.9. The van der Waals surface area contributed by atoms with Crippen molar-refractivity contribution in [3.05, 3.63) is 12.7 Å². The molecule has 1 fully saturated rings. The molecule has 0 bridgehead atoms. The molecule has 1 rings (SSSR count). The summed E-state index contributed by atoms with van der Waals surface area (Å²) < 4.78 is 0. The Bertz CT molecular complexity index is 126. The molecule has 58 valence electrons. The monoisotopic (exact) mass is 138 g/mol. The number of hydrogen-bond acceptors (Lipinski definition) is 0. The molecule has 0 aromatic carbocycles. The molecule has 1 aliphatic rings. The minimum Gasteiger partial charge on any atom is -0.103 e. The summed E-state index contributed by atoms with van der Waals surface area (Å²) in [7, 11) is 0. The van der Waals surface area contributed by atoms with Crippen molar-refractivity contribution in [3.63, 3.8) is 0 Å². The van der Waals surface area contributed by atoms with Gasteiger partial charge in [0.15, 0.2) is 0 Å². The molecule has 0 heteroatoms. The predicted octanol–water partition coefficient (Wildman–Crippen LogP) is 3.10. The third-order valence-electron chi connectivity index (χ3n) is 3.18. The lowest BCUT2D eigenvalue weighted by atomic mass is 9.90. The Morgan fingerprint density at radius 2 is 1.80 bits per heavy atom. The van der Waals surface area contributed by atoms with Gasteiger partial charge in [-0.1, -0.05) is 26.8 Å². The third kappa shape index (κ3) is 1.12. The first-order valence-electron chi connectivity index (χ1n) is 4.29. The second kappa shape index (κ2) is 2.77. The van der Waals surface area contributed by atoms with Crippen molar-refractivity contribution in [2.45, 2.75) is 27.2 Å². The average Bonchev–Trinajstić information content (AvgIpc) is 2.09. The van der Waals surface area contributed by atoms with Crippen molar-refractivity contribution in [2.75, 3.05) is 0 Å². The van der Waals surface area contributed by atoms with E-state index in [4.69, 9.17) is 0 Å². The molecular formula is C10H18. The minimum absolute atomic E-state index is 0.773. The zero-order chi connectivity index (χ0) is 7.72. The molecular weight excluding hydrogens is 120 g/mol. The molecule has 0 aromatic rings. The van der Waals surface area contributed by atoms with E-state index in [2.05, 4.69) is 33.4 Å². The highest BCUT2D eigenvalue weighted by molar-refractivity contribution is 4.94. The van der Waals surface area contributed by atoms with E-state index in [0.29, 0.717) is 0 Å².